The summed E-state index contributed by atoms with van der Waals surface area (Å²) in [6.45, 7) is 3.81. The summed E-state index contributed by atoms with van der Waals surface area (Å²) < 4.78 is 0. The third kappa shape index (κ3) is 2.18. The molecule has 1 amide bonds. The minimum Gasteiger partial charge on any atom is -0.311 e. The van der Waals surface area contributed by atoms with E-state index in [0.717, 1.165) is 21.3 Å². The maximum atomic E-state index is 12.4. The average molecular weight is 296 g/mol. The Morgan fingerprint density at radius 1 is 1.38 bits per heavy atom. The van der Waals surface area contributed by atoms with Gasteiger partial charge in [0.1, 0.15) is 11.1 Å². The normalized spacial score (nSPS) is 10.5. The van der Waals surface area contributed by atoms with Crippen molar-refractivity contribution >= 4 is 33.1 Å². The molecule has 0 saturated heterocycles. The molecule has 0 radical (unpaired) electrons. The largest absolute Gasteiger partial charge is 0.311 e. The number of carbonyl (C=O) groups is 1. The van der Waals surface area contributed by atoms with E-state index < -0.39 is 0 Å². The molecule has 0 bridgehead atoms. The molecule has 0 aliphatic carbocycles. The van der Waals surface area contributed by atoms with Crippen LogP contribution in [0.5, 0.6) is 0 Å². The molecule has 0 spiro atoms. The quantitative estimate of drug-likeness (QED) is 0.760. The SMILES string of the molecule is Cc1sc(NC(=O)c2n[nH]c3ccccc23)c(C#N)c1C. The Morgan fingerprint density at radius 2 is 2.14 bits per heavy atom. The molecule has 1 aromatic carbocycles. The van der Waals surface area contributed by atoms with E-state index in [1.807, 2.05) is 38.1 Å². The van der Waals surface area contributed by atoms with Crippen LogP contribution in [0.3, 0.4) is 0 Å². The van der Waals surface area contributed by atoms with E-state index in [2.05, 4.69) is 21.6 Å². The van der Waals surface area contributed by atoms with Crippen molar-refractivity contribution in [2.45, 2.75) is 13.8 Å². The van der Waals surface area contributed by atoms with Crippen LogP contribution in [0.25, 0.3) is 10.9 Å². The van der Waals surface area contributed by atoms with Crippen molar-refractivity contribution in [1.29, 1.82) is 5.26 Å². The maximum absolute atomic E-state index is 12.4. The Bertz CT molecular complexity index is 885. The fourth-order valence-electron chi connectivity index (χ4n) is 2.15. The summed E-state index contributed by atoms with van der Waals surface area (Å²) in [5, 5.41) is 20.2. The number of anilines is 1. The number of rotatable bonds is 2. The third-order valence-corrected chi connectivity index (χ3v) is 4.53. The van der Waals surface area contributed by atoms with Crippen LogP contribution in [0.2, 0.25) is 0 Å². The number of amides is 1. The van der Waals surface area contributed by atoms with Crippen LogP contribution in [-0.4, -0.2) is 16.1 Å². The fourth-order valence-corrected chi connectivity index (χ4v) is 3.15. The predicted molar refractivity (Wildman–Crippen MR) is 82.6 cm³/mol. The number of aromatic amines is 1. The van der Waals surface area contributed by atoms with Gasteiger partial charge in [-0.25, -0.2) is 0 Å². The minimum atomic E-state index is -0.315. The Balaban J connectivity index is 1.98. The highest BCUT2D eigenvalue weighted by molar-refractivity contribution is 7.16. The molecule has 0 saturated carbocycles. The average Bonchev–Trinajstić information content (AvgIpc) is 3.01. The van der Waals surface area contributed by atoms with Crippen molar-refractivity contribution in [3.63, 3.8) is 0 Å². The van der Waals surface area contributed by atoms with E-state index in [9.17, 15) is 10.1 Å². The van der Waals surface area contributed by atoms with Gasteiger partial charge in [0.25, 0.3) is 5.91 Å². The second kappa shape index (κ2) is 5.04. The first-order valence-corrected chi connectivity index (χ1v) is 7.18. The van der Waals surface area contributed by atoms with E-state index in [1.54, 1.807) is 0 Å². The van der Waals surface area contributed by atoms with Crippen LogP contribution in [0, 0.1) is 25.2 Å². The molecule has 0 unspecified atom stereocenters. The van der Waals surface area contributed by atoms with E-state index in [1.165, 1.54) is 11.3 Å². The van der Waals surface area contributed by atoms with Gasteiger partial charge in [-0.1, -0.05) is 18.2 Å². The highest BCUT2D eigenvalue weighted by Gasteiger charge is 2.18. The lowest BCUT2D eigenvalue weighted by Crippen LogP contribution is -2.12. The fraction of sp³-hybridized carbons (Fsp3) is 0.133. The van der Waals surface area contributed by atoms with Gasteiger partial charge in [0.2, 0.25) is 0 Å². The standard InChI is InChI=1S/C15H12N4OS/c1-8-9(2)21-15(11(8)7-16)17-14(20)13-10-5-3-4-6-12(10)18-19-13/h3-6H,1-2H3,(H,17,20)(H,18,19). The molecule has 0 aliphatic heterocycles. The second-order valence-electron chi connectivity index (χ2n) is 4.67. The third-order valence-electron chi connectivity index (χ3n) is 3.41. The monoisotopic (exact) mass is 296 g/mol. The molecule has 2 heterocycles. The number of hydrogen-bond acceptors (Lipinski definition) is 4. The van der Waals surface area contributed by atoms with Crippen molar-refractivity contribution in [2.75, 3.05) is 5.32 Å². The van der Waals surface area contributed by atoms with E-state index in [-0.39, 0.29) is 5.91 Å². The van der Waals surface area contributed by atoms with Crippen molar-refractivity contribution in [1.82, 2.24) is 10.2 Å². The predicted octanol–water partition coefficient (Wildman–Crippen LogP) is 3.37. The smallest absolute Gasteiger partial charge is 0.277 e. The summed E-state index contributed by atoms with van der Waals surface area (Å²) in [5.74, 6) is -0.315. The summed E-state index contributed by atoms with van der Waals surface area (Å²) in [6, 6.07) is 9.57. The number of aromatic nitrogens is 2. The zero-order valence-corrected chi connectivity index (χ0v) is 12.3. The van der Waals surface area contributed by atoms with Gasteiger partial charge >= 0.3 is 0 Å². The number of carbonyl (C=O) groups excluding carboxylic acids is 1. The van der Waals surface area contributed by atoms with Crippen LogP contribution in [0.15, 0.2) is 24.3 Å². The van der Waals surface area contributed by atoms with Gasteiger partial charge in [-0.2, -0.15) is 10.4 Å². The number of nitriles is 1. The Labute approximate surface area is 125 Å². The van der Waals surface area contributed by atoms with Gasteiger partial charge in [0, 0.05) is 10.3 Å². The van der Waals surface area contributed by atoms with Crippen LogP contribution in [0.4, 0.5) is 5.00 Å². The first-order chi connectivity index (χ1) is 10.1. The number of nitrogens with zero attached hydrogens (tertiary/aromatic N) is 2. The van der Waals surface area contributed by atoms with E-state index >= 15 is 0 Å². The van der Waals surface area contributed by atoms with Crippen molar-refractivity contribution in [2.24, 2.45) is 0 Å². The molecule has 3 rings (SSSR count). The van der Waals surface area contributed by atoms with Crippen molar-refractivity contribution in [3.8, 4) is 6.07 Å². The number of H-pyrrole nitrogens is 1. The van der Waals surface area contributed by atoms with Crippen LogP contribution in [-0.2, 0) is 0 Å². The Hall–Kier alpha value is -2.65. The van der Waals surface area contributed by atoms with Gasteiger partial charge in [-0.15, -0.1) is 11.3 Å². The molecular formula is C15H12N4OS. The maximum Gasteiger partial charge on any atom is 0.277 e. The summed E-state index contributed by atoms with van der Waals surface area (Å²) in [7, 11) is 0. The van der Waals surface area contributed by atoms with E-state index in [0.29, 0.717) is 16.3 Å². The topological polar surface area (TPSA) is 81.6 Å². The van der Waals surface area contributed by atoms with Crippen molar-refractivity contribution in [3.05, 3.63) is 46.0 Å². The lowest BCUT2D eigenvalue weighted by Gasteiger charge is -2.01. The van der Waals surface area contributed by atoms with Crippen LogP contribution < -0.4 is 5.32 Å². The first-order valence-electron chi connectivity index (χ1n) is 6.36. The van der Waals surface area contributed by atoms with Gasteiger partial charge in [0.15, 0.2) is 5.69 Å². The number of para-hydroxylation sites is 1. The molecule has 0 aliphatic rings. The highest BCUT2D eigenvalue weighted by Crippen LogP contribution is 2.32. The molecule has 0 fully saturated rings. The molecule has 3 aromatic rings. The summed E-state index contributed by atoms with van der Waals surface area (Å²) in [5.41, 5.74) is 2.57. The number of fused-ring (bicyclic) bond motifs is 1. The number of aryl methyl sites for hydroxylation is 1. The minimum absolute atomic E-state index is 0.315. The molecular weight excluding hydrogens is 284 g/mol. The van der Waals surface area contributed by atoms with Gasteiger partial charge in [0.05, 0.1) is 11.1 Å². The number of nitrogens with one attached hydrogen (secondary N) is 2. The van der Waals surface area contributed by atoms with Crippen LogP contribution in [0.1, 0.15) is 26.5 Å². The summed E-state index contributed by atoms with van der Waals surface area (Å²) in [6.07, 6.45) is 0. The number of thiophene rings is 1. The number of hydrogen-bond donors (Lipinski definition) is 2. The van der Waals surface area contributed by atoms with Gasteiger partial charge < -0.3 is 5.32 Å². The molecule has 0 atom stereocenters. The summed E-state index contributed by atoms with van der Waals surface area (Å²) >= 11 is 1.40. The molecule has 5 nitrogen and oxygen atoms in total. The zero-order valence-electron chi connectivity index (χ0n) is 11.5. The lowest BCUT2D eigenvalue weighted by atomic mass is 10.2. The zero-order chi connectivity index (χ0) is 15.0. The molecule has 6 heteroatoms. The summed E-state index contributed by atoms with van der Waals surface area (Å²) in [4.78, 5) is 13.4. The molecule has 2 aromatic heterocycles. The van der Waals surface area contributed by atoms with Crippen molar-refractivity contribution < 1.29 is 4.79 Å². The highest BCUT2D eigenvalue weighted by atomic mass is 32.1. The van der Waals surface area contributed by atoms with E-state index in [4.69, 9.17) is 0 Å². The lowest BCUT2D eigenvalue weighted by molar-refractivity contribution is 0.102. The van der Waals surface area contributed by atoms with Gasteiger partial charge in [-0.3, -0.25) is 9.89 Å². The molecule has 2 N–H and O–H groups in total. The first kappa shape index (κ1) is 13.3. The number of benzene rings is 1. The second-order valence-corrected chi connectivity index (χ2v) is 5.90. The Morgan fingerprint density at radius 3 is 2.90 bits per heavy atom. The molecule has 21 heavy (non-hydrogen) atoms. The Kier molecular flexibility index (Phi) is 3.20. The van der Waals surface area contributed by atoms with Gasteiger partial charge in [-0.05, 0) is 25.5 Å². The van der Waals surface area contributed by atoms with Crippen LogP contribution >= 0.6 is 11.3 Å². The molecule has 104 valence electrons.